The van der Waals surface area contributed by atoms with Crippen LogP contribution in [-0.4, -0.2) is 44.5 Å². The predicted molar refractivity (Wildman–Crippen MR) is 82.0 cm³/mol. The molecule has 1 aromatic rings. The smallest absolute Gasteiger partial charge is 0.241 e. The molecule has 0 spiro atoms. The molecule has 1 amide bonds. The largest absolute Gasteiger partial charge is 0.497 e. The average Bonchev–Trinajstić information content (AvgIpc) is 2.47. The van der Waals surface area contributed by atoms with Crippen LogP contribution in [0.3, 0.4) is 0 Å². The third-order valence-electron chi connectivity index (χ3n) is 3.15. The van der Waals surface area contributed by atoms with Crippen LogP contribution in [0, 0.1) is 0 Å². The lowest BCUT2D eigenvalue weighted by molar-refractivity contribution is -0.122. The fraction of sp³-hybridized carbons (Fsp3) is 0.462. The van der Waals surface area contributed by atoms with Gasteiger partial charge in [0.1, 0.15) is 11.2 Å². The van der Waals surface area contributed by atoms with Gasteiger partial charge in [0.2, 0.25) is 5.91 Å². The topological polar surface area (TPSA) is 84.5 Å². The average molecular weight is 330 g/mol. The van der Waals surface area contributed by atoms with Gasteiger partial charge >= 0.3 is 0 Å². The molecule has 2 unspecified atom stereocenters. The molecule has 8 heteroatoms. The number of carbonyl (C=O) groups excluding carboxylic acids is 1. The highest BCUT2D eigenvalue weighted by Crippen LogP contribution is 2.22. The second-order valence-corrected chi connectivity index (χ2v) is 7.97. The van der Waals surface area contributed by atoms with Gasteiger partial charge in [0, 0.05) is 6.54 Å². The normalized spacial score (nSPS) is 22.7. The maximum Gasteiger partial charge on any atom is 0.241 e. The number of sulfone groups is 1. The van der Waals surface area contributed by atoms with Gasteiger partial charge in [-0.15, -0.1) is 11.8 Å². The molecule has 0 radical (unpaired) electrons. The van der Waals surface area contributed by atoms with Crippen LogP contribution in [-0.2, 0) is 14.6 Å². The number of benzene rings is 1. The van der Waals surface area contributed by atoms with Crippen molar-refractivity contribution in [2.24, 2.45) is 0 Å². The predicted octanol–water partition coefficient (Wildman–Crippen LogP) is 0.594. The minimum atomic E-state index is -3.71. The maximum atomic E-state index is 12.5. The van der Waals surface area contributed by atoms with E-state index >= 15 is 0 Å². The minimum absolute atomic E-state index is 0.109. The molecule has 0 saturated carbocycles. The highest BCUT2D eigenvalue weighted by molar-refractivity contribution is 7.99. The van der Waals surface area contributed by atoms with Gasteiger partial charge < -0.3 is 10.1 Å². The number of nitrogens with one attached hydrogen (secondary N) is 2. The summed E-state index contributed by atoms with van der Waals surface area (Å²) in [5, 5.41) is 4.59. The summed E-state index contributed by atoms with van der Waals surface area (Å²) in [6, 6.07) is 6.04. The molecule has 1 aromatic carbocycles. The first kappa shape index (κ1) is 16.1. The molecule has 1 aliphatic heterocycles. The van der Waals surface area contributed by atoms with Crippen LogP contribution in [0.1, 0.15) is 6.92 Å². The summed E-state index contributed by atoms with van der Waals surface area (Å²) in [6.07, 6.45) is 0. The Hall–Kier alpha value is -1.25. The zero-order valence-corrected chi connectivity index (χ0v) is 13.5. The van der Waals surface area contributed by atoms with Gasteiger partial charge in [-0.05, 0) is 30.0 Å². The number of rotatable bonds is 5. The molecule has 0 bridgehead atoms. The number of hydrogen-bond donors (Lipinski definition) is 2. The first-order valence-corrected chi connectivity index (χ1v) is 9.12. The number of hydrogen-bond acceptors (Lipinski definition) is 6. The third kappa shape index (κ3) is 3.50. The zero-order chi connectivity index (χ0) is 15.5. The quantitative estimate of drug-likeness (QED) is 0.822. The Kier molecular flexibility index (Phi) is 5.13. The Morgan fingerprint density at radius 1 is 1.33 bits per heavy atom. The monoisotopic (exact) mass is 330 g/mol. The summed E-state index contributed by atoms with van der Waals surface area (Å²) in [5.74, 6) is 0.934. The summed E-state index contributed by atoms with van der Waals surface area (Å²) < 4.78 is 30.0. The Balaban J connectivity index is 2.17. The molecule has 0 aromatic heterocycles. The summed E-state index contributed by atoms with van der Waals surface area (Å²) in [4.78, 5) is 12.2. The second kappa shape index (κ2) is 6.67. The van der Waals surface area contributed by atoms with Gasteiger partial charge in [-0.3, -0.25) is 10.1 Å². The Bertz CT molecular complexity index is 601. The lowest BCUT2D eigenvalue weighted by atomic mass is 10.3. The highest BCUT2D eigenvalue weighted by atomic mass is 32.2. The molecule has 1 heterocycles. The van der Waals surface area contributed by atoms with Crippen LogP contribution in [0.2, 0.25) is 0 Å². The van der Waals surface area contributed by atoms with Gasteiger partial charge in [-0.2, -0.15) is 0 Å². The van der Waals surface area contributed by atoms with Crippen LogP contribution in [0.4, 0.5) is 0 Å². The van der Waals surface area contributed by atoms with Crippen molar-refractivity contribution in [3.8, 4) is 5.75 Å². The van der Waals surface area contributed by atoms with Crippen LogP contribution < -0.4 is 15.4 Å². The van der Waals surface area contributed by atoms with E-state index in [0.717, 1.165) is 5.75 Å². The SMILES string of the molecule is CCSC1NCC(S(=O)(=O)c2ccc(OC)cc2)C(=O)N1. The Labute approximate surface area is 128 Å². The van der Waals surface area contributed by atoms with Crippen LogP contribution >= 0.6 is 11.8 Å². The van der Waals surface area contributed by atoms with E-state index < -0.39 is 21.0 Å². The lowest BCUT2D eigenvalue weighted by Gasteiger charge is -2.29. The summed E-state index contributed by atoms with van der Waals surface area (Å²) in [6.45, 7) is 2.08. The molecule has 1 saturated heterocycles. The van der Waals surface area contributed by atoms with E-state index in [4.69, 9.17) is 4.74 Å². The molecular weight excluding hydrogens is 312 g/mol. The Morgan fingerprint density at radius 3 is 2.52 bits per heavy atom. The molecule has 2 rings (SSSR count). The van der Waals surface area contributed by atoms with E-state index in [-0.39, 0.29) is 16.9 Å². The molecule has 1 fully saturated rings. The number of amides is 1. The molecular formula is C13H18N2O4S2. The van der Waals surface area contributed by atoms with E-state index in [9.17, 15) is 13.2 Å². The first-order valence-electron chi connectivity index (χ1n) is 6.52. The van der Waals surface area contributed by atoms with Gasteiger partial charge in [0.25, 0.3) is 0 Å². The molecule has 2 atom stereocenters. The lowest BCUT2D eigenvalue weighted by Crippen LogP contribution is -2.59. The first-order chi connectivity index (χ1) is 9.98. The van der Waals surface area contributed by atoms with Crippen molar-refractivity contribution in [3.05, 3.63) is 24.3 Å². The fourth-order valence-corrected chi connectivity index (χ4v) is 4.28. The van der Waals surface area contributed by atoms with Gasteiger partial charge in [-0.25, -0.2) is 8.42 Å². The van der Waals surface area contributed by atoms with E-state index in [2.05, 4.69) is 10.6 Å². The minimum Gasteiger partial charge on any atom is -0.497 e. The van der Waals surface area contributed by atoms with Crippen molar-refractivity contribution in [1.29, 1.82) is 0 Å². The van der Waals surface area contributed by atoms with Crippen molar-refractivity contribution in [2.45, 2.75) is 22.6 Å². The molecule has 0 aliphatic carbocycles. The third-order valence-corrected chi connectivity index (χ3v) is 6.16. The summed E-state index contributed by atoms with van der Waals surface area (Å²) >= 11 is 1.51. The standard InChI is InChI=1S/C13H18N2O4S2/c1-3-20-13-14-8-11(12(16)15-13)21(17,18)10-6-4-9(19-2)5-7-10/h4-7,11,13-14H,3,8H2,1-2H3,(H,15,16). The van der Waals surface area contributed by atoms with Crippen LogP contribution in [0.25, 0.3) is 0 Å². The highest BCUT2D eigenvalue weighted by Gasteiger charge is 2.38. The molecule has 21 heavy (non-hydrogen) atoms. The maximum absolute atomic E-state index is 12.5. The number of carbonyl (C=O) groups is 1. The van der Waals surface area contributed by atoms with Crippen molar-refractivity contribution >= 4 is 27.5 Å². The molecule has 6 nitrogen and oxygen atoms in total. The van der Waals surface area contributed by atoms with Gasteiger partial charge in [0.15, 0.2) is 15.1 Å². The summed E-state index contributed by atoms with van der Waals surface area (Å²) in [7, 11) is -2.21. The number of ether oxygens (including phenoxy) is 1. The molecule has 2 N–H and O–H groups in total. The van der Waals surface area contributed by atoms with Crippen molar-refractivity contribution in [2.75, 3.05) is 19.4 Å². The zero-order valence-electron chi connectivity index (χ0n) is 11.8. The van der Waals surface area contributed by atoms with Gasteiger partial charge in [0.05, 0.1) is 12.0 Å². The second-order valence-electron chi connectivity index (χ2n) is 4.46. The van der Waals surface area contributed by atoms with Crippen LogP contribution in [0.5, 0.6) is 5.75 Å². The van der Waals surface area contributed by atoms with E-state index in [1.165, 1.54) is 31.0 Å². The van der Waals surface area contributed by atoms with Gasteiger partial charge in [-0.1, -0.05) is 6.92 Å². The van der Waals surface area contributed by atoms with Crippen molar-refractivity contribution in [1.82, 2.24) is 10.6 Å². The Morgan fingerprint density at radius 2 is 2.00 bits per heavy atom. The van der Waals surface area contributed by atoms with E-state index in [1.807, 2.05) is 6.92 Å². The fourth-order valence-electron chi connectivity index (χ4n) is 2.03. The van der Waals surface area contributed by atoms with Crippen LogP contribution in [0.15, 0.2) is 29.2 Å². The molecule has 116 valence electrons. The molecule has 1 aliphatic rings. The number of thioether (sulfide) groups is 1. The van der Waals surface area contributed by atoms with Crippen molar-refractivity contribution < 1.29 is 17.9 Å². The number of methoxy groups -OCH3 is 1. The van der Waals surface area contributed by atoms with E-state index in [1.54, 1.807) is 12.1 Å². The summed E-state index contributed by atoms with van der Waals surface area (Å²) in [5.41, 5.74) is -0.232. The van der Waals surface area contributed by atoms with Crippen molar-refractivity contribution in [3.63, 3.8) is 0 Å². The van der Waals surface area contributed by atoms with E-state index in [0.29, 0.717) is 5.75 Å².